The van der Waals surface area contributed by atoms with Gasteiger partial charge in [-0.3, -0.25) is 10.1 Å². The summed E-state index contributed by atoms with van der Waals surface area (Å²) in [4.78, 5) is 14.4. The van der Waals surface area contributed by atoms with E-state index >= 15 is 0 Å². The molecular formula is C20H22N2O2S. The van der Waals surface area contributed by atoms with E-state index in [9.17, 15) is 4.79 Å². The van der Waals surface area contributed by atoms with Crippen LogP contribution in [-0.4, -0.2) is 24.2 Å². The minimum absolute atomic E-state index is 0.200. The van der Waals surface area contributed by atoms with Crippen LogP contribution in [0, 0.1) is 0 Å². The molecule has 0 atom stereocenters. The van der Waals surface area contributed by atoms with Crippen LogP contribution in [0.4, 0.5) is 5.69 Å². The number of amides is 1. The number of nitrogens with one attached hydrogen (secondary N) is 1. The fraction of sp³-hybridized carbons (Fsp3) is 0.300. The van der Waals surface area contributed by atoms with Crippen LogP contribution in [-0.2, 0) is 6.42 Å². The molecule has 1 heterocycles. The van der Waals surface area contributed by atoms with Crippen LogP contribution >= 0.6 is 12.2 Å². The smallest absolute Gasteiger partial charge is 0.257 e. The molecule has 1 aliphatic heterocycles. The van der Waals surface area contributed by atoms with Gasteiger partial charge in [0.15, 0.2) is 5.11 Å². The predicted octanol–water partition coefficient (Wildman–Crippen LogP) is 3.94. The largest absolute Gasteiger partial charge is 0.494 e. The zero-order chi connectivity index (χ0) is 17.6. The van der Waals surface area contributed by atoms with Gasteiger partial charge in [0, 0.05) is 17.8 Å². The first-order valence-corrected chi connectivity index (χ1v) is 9.03. The molecule has 0 radical (unpaired) electrons. The van der Waals surface area contributed by atoms with Gasteiger partial charge in [0.1, 0.15) is 5.75 Å². The van der Waals surface area contributed by atoms with Crippen LogP contribution in [0.5, 0.6) is 5.75 Å². The molecule has 0 saturated heterocycles. The summed E-state index contributed by atoms with van der Waals surface area (Å²) < 4.78 is 5.62. The van der Waals surface area contributed by atoms with Crippen molar-refractivity contribution in [3.05, 3.63) is 59.7 Å². The highest BCUT2D eigenvalue weighted by molar-refractivity contribution is 7.80. The molecule has 0 unspecified atom stereocenters. The Balaban J connectivity index is 1.60. The Bertz CT molecular complexity index is 759. The Morgan fingerprint density at radius 1 is 1.20 bits per heavy atom. The summed E-state index contributed by atoms with van der Waals surface area (Å²) >= 11 is 5.43. The first kappa shape index (κ1) is 17.4. The van der Waals surface area contributed by atoms with Crippen molar-refractivity contribution in [3.8, 4) is 5.75 Å². The molecule has 2 aromatic carbocycles. The minimum atomic E-state index is -0.200. The van der Waals surface area contributed by atoms with Crippen molar-refractivity contribution in [2.45, 2.75) is 26.2 Å². The van der Waals surface area contributed by atoms with Crippen molar-refractivity contribution in [2.75, 3.05) is 18.1 Å². The van der Waals surface area contributed by atoms with Gasteiger partial charge in [-0.05, 0) is 61.0 Å². The van der Waals surface area contributed by atoms with Crippen LogP contribution in [0.3, 0.4) is 0 Å². The van der Waals surface area contributed by atoms with Gasteiger partial charge in [0.2, 0.25) is 0 Å². The molecule has 0 aliphatic carbocycles. The van der Waals surface area contributed by atoms with E-state index in [1.165, 1.54) is 5.56 Å². The van der Waals surface area contributed by atoms with E-state index in [4.69, 9.17) is 17.0 Å². The van der Waals surface area contributed by atoms with Gasteiger partial charge in [0.05, 0.1) is 6.61 Å². The molecule has 1 aliphatic rings. The fourth-order valence-corrected chi connectivity index (χ4v) is 3.11. The maximum Gasteiger partial charge on any atom is 0.257 e. The highest BCUT2D eigenvalue weighted by atomic mass is 32.1. The van der Waals surface area contributed by atoms with Crippen LogP contribution in [0.15, 0.2) is 48.5 Å². The zero-order valence-corrected chi connectivity index (χ0v) is 15.1. The van der Waals surface area contributed by atoms with E-state index in [2.05, 4.69) is 18.3 Å². The van der Waals surface area contributed by atoms with Gasteiger partial charge in [-0.2, -0.15) is 0 Å². The molecule has 0 fully saturated rings. The van der Waals surface area contributed by atoms with Crippen molar-refractivity contribution in [1.82, 2.24) is 5.32 Å². The Hall–Kier alpha value is -2.40. The molecule has 0 aromatic heterocycles. The third-order valence-corrected chi connectivity index (χ3v) is 4.56. The van der Waals surface area contributed by atoms with Gasteiger partial charge in [-0.25, -0.2) is 0 Å². The van der Waals surface area contributed by atoms with Gasteiger partial charge < -0.3 is 9.64 Å². The minimum Gasteiger partial charge on any atom is -0.494 e. The molecule has 5 heteroatoms. The molecule has 0 spiro atoms. The lowest BCUT2D eigenvalue weighted by Gasteiger charge is -2.20. The van der Waals surface area contributed by atoms with Crippen LogP contribution in [0.2, 0.25) is 0 Å². The number of carbonyl (C=O) groups excluding carboxylic acids is 1. The van der Waals surface area contributed by atoms with Crippen molar-refractivity contribution in [3.63, 3.8) is 0 Å². The van der Waals surface area contributed by atoms with Crippen molar-refractivity contribution < 1.29 is 9.53 Å². The van der Waals surface area contributed by atoms with E-state index in [0.717, 1.165) is 37.2 Å². The second-order valence-electron chi connectivity index (χ2n) is 6.02. The molecule has 3 rings (SSSR count). The van der Waals surface area contributed by atoms with E-state index in [1.54, 1.807) is 12.1 Å². The number of para-hydroxylation sites is 1. The molecule has 2 aromatic rings. The normalized spacial score (nSPS) is 12.6. The second kappa shape index (κ2) is 8.12. The van der Waals surface area contributed by atoms with Gasteiger partial charge in [-0.1, -0.05) is 31.5 Å². The maximum atomic E-state index is 12.4. The van der Waals surface area contributed by atoms with E-state index in [1.807, 2.05) is 35.2 Å². The lowest BCUT2D eigenvalue weighted by atomic mass is 10.2. The number of hydrogen-bond donors (Lipinski definition) is 1. The number of hydrogen-bond acceptors (Lipinski definition) is 3. The number of anilines is 1. The summed E-state index contributed by atoms with van der Waals surface area (Å²) in [5, 5.41) is 3.27. The average molecular weight is 354 g/mol. The number of carbonyl (C=O) groups is 1. The fourth-order valence-electron chi connectivity index (χ4n) is 2.82. The quantitative estimate of drug-likeness (QED) is 0.652. The molecular weight excluding hydrogens is 332 g/mol. The average Bonchev–Trinajstić information content (AvgIpc) is 3.06. The highest BCUT2D eigenvalue weighted by Gasteiger charge is 2.23. The summed E-state index contributed by atoms with van der Waals surface area (Å²) in [5.74, 6) is 0.579. The van der Waals surface area contributed by atoms with E-state index < -0.39 is 0 Å². The first-order valence-electron chi connectivity index (χ1n) is 8.62. The number of fused-ring (bicyclic) bond motifs is 1. The predicted molar refractivity (Wildman–Crippen MR) is 104 cm³/mol. The SMILES string of the molecule is CCCCOc1ccc(C(=O)NC(=S)N2CCc3ccccc32)cc1. The number of unbranched alkanes of at least 4 members (excludes halogenated alkanes) is 1. The highest BCUT2D eigenvalue weighted by Crippen LogP contribution is 2.27. The van der Waals surface area contributed by atoms with Gasteiger partial charge in [-0.15, -0.1) is 0 Å². The monoisotopic (exact) mass is 354 g/mol. The number of ether oxygens (including phenoxy) is 1. The second-order valence-corrected chi connectivity index (χ2v) is 6.40. The summed E-state index contributed by atoms with van der Waals surface area (Å²) in [6.45, 7) is 3.61. The molecule has 25 heavy (non-hydrogen) atoms. The number of rotatable bonds is 5. The summed E-state index contributed by atoms with van der Waals surface area (Å²) in [7, 11) is 0. The maximum absolute atomic E-state index is 12.4. The lowest BCUT2D eigenvalue weighted by Crippen LogP contribution is -2.41. The molecule has 1 N–H and O–H groups in total. The van der Waals surface area contributed by atoms with Crippen molar-refractivity contribution >= 4 is 28.9 Å². The number of thiocarbonyl (C=S) groups is 1. The lowest BCUT2D eigenvalue weighted by molar-refractivity contribution is 0.0977. The van der Waals surface area contributed by atoms with E-state index in [-0.39, 0.29) is 5.91 Å². The summed E-state index contributed by atoms with van der Waals surface area (Å²) in [6.07, 6.45) is 3.06. The van der Waals surface area contributed by atoms with E-state index in [0.29, 0.717) is 17.3 Å². The molecule has 0 saturated carbocycles. The van der Waals surface area contributed by atoms with Crippen LogP contribution in [0.1, 0.15) is 35.7 Å². The summed E-state index contributed by atoms with van der Waals surface area (Å²) in [6, 6.07) is 15.3. The first-order chi connectivity index (χ1) is 12.2. The number of benzene rings is 2. The Morgan fingerprint density at radius 2 is 1.96 bits per heavy atom. The molecule has 130 valence electrons. The molecule has 0 bridgehead atoms. The Morgan fingerprint density at radius 3 is 2.72 bits per heavy atom. The third kappa shape index (κ3) is 4.17. The number of nitrogens with zero attached hydrogens (tertiary/aromatic N) is 1. The van der Waals surface area contributed by atoms with Crippen molar-refractivity contribution in [1.29, 1.82) is 0 Å². The van der Waals surface area contributed by atoms with Crippen molar-refractivity contribution in [2.24, 2.45) is 0 Å². The Kier molecular flexibility index (Phi) is 5.66. The topological polar surface area (TPSA) is 41.6 Å². The van der Waals surface area contributed by atoms with Gasteiger partial charge >= 0.3 is 0 Å². The Labute approximate surface area is 153 Å². The van der Waals surface area contributed by atoms with Crippen LogP contribution in [0.25, 0.3) is 0 Å². The zero-order valence-electron chi connectivity index (χ0n) is 14.3. The van der Waals surface area contributed by atoms with Gasteiger partial charge in [0.25, 0.3) is 5.91 Å². The summed E-state index contributed by atoms with van der Waals surface area (Å²) in [5.41, 5.74) is 2.90. The molecule has 1 amide bonds. The molecule has 4 nitrogen and oxygen atoms in total. The van der Waals surface area contributed by atoms with Crippen LogP contribution < -0.4 is 15.0 Å². The standard InChI is InChI=1S/C20H22N2O2S/c1-2-3-14-24-17-10-8-16(9-11-17)19(23)21-20(25)22-13-12-15-6-4-5-7-18(15)22/h4-11H,2-3,12-14H2,1H3,(H,21,23,25). The third-order valence-electron chi connectivity index (χ3n) is 4.24.